The van der Waals surface area contributed by atoms with E-state index in [0.717, 1.165) is 44.7 Å². The number of H-pyrrole nitrogens is 1. The quantitative estimate of drug-likeness (QED) is 0.311. The van der Waals surface area contributed by atoms with Crippen LogP contribution in [0, 0.1) is 13.8 Å². The summed E-state index contributed by atoms with van der Waals surface area (Å²) in [4.78, 5) is 16.7. The van der Waals surface area contributed by atoms with E-state index in [1.54, 1.807) is 0 Å². The van der Waals surface area contributed by atoms with Gasteiger partial charge in [-0.25, -0.2) is 4.79 Å². The maximum absolute atomic E-state index is 13.1. The van der Waals surface area contributed by atoms with E-state index in [0.29, 0.717) is 12.1 Å². The lowest BCUT2D eigenvalue weighted by Gasteiger charge is -2.11. The van der Waals surface area contributed by atoms with Crippen LogP contribution in [0.2, 0.25) is 0 Å². The predicted octanol–water partition coefficient (Wildman–Crippen LogP) is 6.76. The molecule has 0 aliphatic carbocycles. The van der Waals surface area contributed by atoms with Gasteiger partial charge in [-0.1, -0.05) is 78.9 Å². The monoisotopic (exact) mass is 434 g/mol. The number of nitrogens with zero attached hydrogens (tertiary/aromatic N) is 1. The number of rotatable bonds is 5. The molecule has 0 spiro atoms. The Balaban J connectivity index is 1.83. The van der Waals surface area contributed by atoms with Crippen molar-refractivity contribution in [3.05, 3.63) is 107 Å². The minimum Gasteiger partial charge on any atom is -0.465 e. The number of ether oxygens (including phenoxy) is 1. The first kappa shape index (κ1) is 20.8. The molecule has 3 aromatic carbocycles. The number of aromatic amines is 1. The second kappa shape index (κ2) is 8.47. The fraction of sp³-hybridized carbons (Fsp3) is 0.138. The lowest BCUT2D eigenvalue weighted by atomic mass is 9.95. The number of aromatic nitrogens is 2. The van der Waals surface area contributed by atoms with Crippen molar-refractivity contribution >= 4 is 16.9 Å². The van der Waals surface area contributed by atoms with Crippen molar-refractivity contribution in [2.75, 3.05) is 7.11 Å². The zero-order valence-electron chi connectivity index (χ0n) is 19.1. The molecule has 0 bridgehead atoms. The van der Waals surface area contributed by atoms with Crippen LogP contribution in [0.4, 0.5) is 0 Å². The molecule has 0 saturated heterocycles. The molecule has 5 rings (SSSR count). The van der Waals surface area contributed by atoms with E-state index in [1.807, 2.05) is 55.5 Å². The number of carbonyl (C=O) groups is 1. The zero-order valence-corrected chi connectivity index (χ0v) is 19.1. The average Bonchev–Trinajstić information content (AvgIpc) is 3.35. The van der Waals surface area contributed by atoms with Crippen molar-refractivity contribution in [2.24, 2.45) is 0 Å². The first-order chi connectivity index (χ1) is 16.1. The number of para-hydroxylation sites is 1. The normalized spacial score (nSPS) is 11.1. The van der Waals surface area contributed by atoms with Crippen molar-refractivity contribution in [1.29, 1.82) is 0 Å². The van der Waals surface area contributed by atoms with Crippen LogP contribution in [0.15, 0.2) is 84.9 Å². The third-order valence-electron chi connectivity index (χ3n) is 6.37. The minimum absolute atomic E-state index is 0.318. The van der Waals surface area contributed by atoms with Gasteiger partial charge in [-0.05, 0) is 31.0 Å². The van der Waals surface area contributed by atoms with Gasteiger partial charge in [0.05, 0.1) is 18.4 Å². The highest BCUT2D eigenvalue weighted by Gasteiger charge is 2.28. The van der Waals surface area contributed by atoms with Crippen LogP contribution in [0.5, 0.6) is 0 Å². The van der Waals surface area contributed by atoms with Gasteiger partial charge in [0.2, 0.25) is 0 Å². The van der Waals surface area contributed by atoms with E-state index in [2.05, 4.69) is 52.9 Å². The first-order valence-electron chi connectivity index (χ1n) is 11.1. The maximum Gasteiger partial charge on any atom is 0.340 e. The first-order valence-corrected chi connectivity index (χ1v) is 11.1. The highest BCUT2D eigenvalue weighted by Crippen LogP contribution is 2.43. The molecule has 0 aliphatic heterocycles. The lowest BCUT2D eigenvalue weighted by molar-refractivity contribution is 0.0600. The molecule has 2 aromatic heterocycles. The summed E-state index contributed by atoms with van der Waals surface area (Å²) in [5.41, 5.74) is 8.82. The number of fused-ring (bicyclic) bond motifs is 1. The summed E-state index contributed by atoms with van der Waals surface area (Å²) in [6.45, 7) is 4.78. The Morgan fingerprint density at radius 2 is 1.45 bits per heavy atom. The van der Waals surface area contributed by atoms with Gasteiger partial charge in [0.15, 0.2) is 0 Å². The predicted molar refractivity (Wildman–Crippen MR) is 134 cm³/mol. The number of benzene rings is 3. The fourth-order valence-corrected chi connectivity index (χ4v) is 4.77. The van der Waals surface area contributed by atoms with Gasteiger partial charge in [0.1, 0.15) is 0 Å². The summed E-state index contributed by atoms with van der Waals surface area (Å²) >= 11 is 0. The molecule has 0 saturated carbocycles. The molecular weight excluding hydrogens is 408 g/mol. The van der Waals surface area contributed by atoms with Gasteiger partial charge in [0.25, 0.3) is 0 Å². The topological polar surface area (TPSA) is 47.0 Å². The van der Waals surface area contributed by atoms with Gasteiger partial charge < -0.3 is 14.3 Å². The van der Waals surface area contributed by atoms with Gasteiger partial charge in [0, 0.05) is 40.0 Å². The second-order valence-corrected chi connectivity index (χ2v) is 8.27. The highest BCUT2D eigenvalue weighted by molar-refractivity contribution is 6.10. The zero-order chi connectivity index (χ0) is 22.9. The van der Waals surface area contributed by atoms with Crippen LogP contribution in [0.3, 0.4) is 0 Å². The number of carbonyl (C=O) groups excluding carboxylic acids is 1. The summed E-state index contributed by atoms with van der Waals surface area (Å²) < 4.78 is 7.49. The number of esters is 1. The second-order valence-electron chi connectivity index (χ2n) is 8.27. The van der Waals surface area contributed by atoms with E-state index in [1.165, 1.54) is 12.7 Å². The molecule has 33 heavy (non-hydrogen) atoms. The molecule has 1 N–H and O–H groups in total. The molecule has 0 atom stereocenters. The molecule has 0 unspecified atom stereocenters. The third-order valence-corrected chi connectivity index (χ3v) is 6.37. The van der Waals surface area contributed by atoms with Gasteiger partial charge in [-0.15, -0.1) is 0 Å². The molecule has 0 aliphatic rings. The number of methoxy groups -OCH3 is 1. The van der Waals surface area contributed by atoms with Crippen LogP contribution in [0.1, 0.15) is 27.3 Å². The summed E-state index contributed by atoms with van der Waals surface area (Å²) in [5.74, 6) is -0.318. The Morgan fingerprint density at radius 1 is 0.818 bits per heavy atom. The molecule has 0 amide bonds. The van der Waals surface area contributed by atoms with Crippen LogP contribution >= 0.6 is 0 Å². The molecule has 2 heterocycles. The highest BCUT2D eigenvalue weighted by atomic mass is 16.5. The summed E-state index contributed by atoms with van der Waals surface area (Å²) in [6.07, 6.45) is 0. The smallest absolute Gasteiger partial charge is 0.340 e. The third kappa shape index (κ3) is 3.54. The van der Waals surface area contributed by atoms with Gasteiger partial charge in [-0.3, -0.25) is 0 Å². The van der Waals surface area contributed by atoms with E-state index in [9.17, 15) is 4.79 Å². The average molecular weight is 435 g/mol. The number of nitrogens with one attached hydrogen (secondary N) is 1. The number of hydrogen-bond donors (Lipinski definition) is 1. The fourth-order valence-electron chi connectivity index (χ4n) is 4.77. The largest absolute Gasteiger partial charge is 0.465 e. The van der Waals surface area contributed by atoms with Crippen LogP contribution in [-0.2, 0) is 11.3 Å². The van der Waals surface area contributed by atoms with Gasteiger partial charge in [-0.2, -0.15) is 0 Å². The van der Waals surface area contributed by atoms with Crippen molar-refractivity contribution in [3.63, 3.8) is 0 Å². The minimum atomic E-state index is -0.318. The SMILES string of the molecule is COC(=O)c1c(-c2c(-c3ccccc3)[nH]c3ccccc23)c(C)n(Cc2ccccc2)c1C. The summed E-state index contributed by atoms with van der Waals surface area (Å²) in [7, 11) is 1.45. The van der Waals surface area contributed by atoms with Crippen LogP contribution < -0.4 is 0 Å². The Hall–Kier alpha value is -4.05. The standard InChI is InChI=1S/C29H26N2O2/c1-19-25(26(29(32)33-3)20(2)31(19)18-21-12-6-4-7-13-21)27-23-16-10-11-17-24(23)30-28(27)22-14-8-5-9-15-22/h4-17,30H,18H2,1-3H3. The molecule has 4 heteroatoms. The molecule has 164 valence electrons. The molecule has 4 nitrogen and oxygen atoms in total. The van der Waals surface area contributed by atoms with E-state index >= 15 is 0 Å². The Kier molecular flexibility index (Phi) is 5.35. The van der Waals surface area contributed by atoms with Crippen molar-refractivity contribution < 1.29 is 9.53 Å². The maximum atomic E-state index is 13.1. The molecular formula is C29H26N2O2. The van der Waals surface area contributed by atoms with Crippen molar-refractivity contribution in [3.8, 4) is 22.4 Å². The van der Waals surface area contributed by atoms with Crippen LogP contribution in [-0.4, -0.2) is 22.6 Å². The Bertz CT molecular complexity index is 1440. The summed E-state index contributed by atoms with van der Waals surface area (Å²) in [5, 5.41) is 1.08. The Labute approximate surface area is 193 Å². The van der Waals surface area contributed by atoms with Gasteiger partial charge >= 0.3 is 5.97 Å². The lowest BCUT2D eigenvalue weighted by Crippen LogP contribution is -2.07. The van der Waals surface area contributed by atoms with E-state index < -0.39 is 0 Å². The van der Waals surface area contributed by atoms with E-state index in [-0.39, 0.29) is 5.97 Å². The van der Waals surface area contributed by atoms with Crippen molar-refractivity contribution in [2.45, 2.75) is 20.4 Å². The molecule has 0 fully saturated rings. The van der Waals surface area contributed by atoms with E-state index in [4.69, 9.17) is 4.74 Å². The Morgan fingerprint density at radius 3 is 2.15 bits per heavy atom. The van der Waals surface area contributed by atoms with Crippen molar-refractivity contribution in [1.82, 2.24) is 9.55 Å². The van der Waals surface area contributed by atoms with Crippen LogP contribution in [0.25, 0.3) is 33.3 Å². The molecule has 5 aromatic rings. The summed E-state index contributed by atoms with van der Waals surface area (Å²) in [6, 6.07) is 28.8. The number of hydrogen-bond acceptors (Lipinski definition) is 2. The molecule has 0 radical (unpaired) electrons.